The maximum absolute atomic E-state index is 11.7. The van der Waals surface area contributed by atoms with E-state index < -0.39 is 11.1 Å². The number of rotatable bonds is 3. The van der Waals surface area contributed by atoms with Gasteiger partial charge in [0.05, 0.1) is 16.5 Å². The van der Waals surface area contributed by atoms with Crippen LogP contribution in [0.1, 0.15) is 0 Å². The number of nitrogens with two attached hydrogens (primary N) is 1. The lowest BCUT2D eigenvalue weighted by molar-refractivity contribution is -0.128. The summed E-state index contributed by atoms with van der Waals surface area (Å²) in [6, 6.07) is 4.64. The highest BCUT2D eigenvalue weighted by Crippen LogP contribution is 2.23. The van der Waals surface area contributed by atoms with Crippen LogP contribution >= 0.6 is 23.4 Å². The number of halogens is 1. The summed E-state index contributed by atoms with van der Waals surface area (Å²) in [5.74, 6) is -0.744. The molecule has 1 heterocycles. The highest BCUT2D eigenvalue weighted by molar-refractivity contribution is 8.14. The van der Waals surface area contributed by atoms with Gasteiger partial charge in [0.25, 0.3) is 5.24 Å². The van der Waals surface area contributed by atoms with Crippen molar-refractivity contribution in [3.63, 3.8) is 0 Å². The fraction of sp³-hybridized carbons (Fsp3) is 0.182. The first kappa shape index (κ1) is 13.7. The Kier molecular flexibility index (Phi) is 3.96. The number of thioether (sulfide) groups is 1. The van der Waals surface area contributed by atoms with Gasteiger partial charge < -0.3 is 11.1 Å². The smallest absolute Gasteiger partial charge is 0.289 e. The standard InChI is InChI=1S/C11H10ClN3O3S/c12-7-2-1-6(3-8(7)13)14-9(16)4-15-10(17)5-19-11(15)18/h1-3H,4-5,13H2,(H,14,16). The van der Waals surface area contributed by atoms with Crippen molar-refractivity contribution >= 4 is 51.8 Å². The second-order valence-electron chi connectivity index (χ2n) is 3.82. The van der Waals surface area contributed by atoms with Gasteiger partial charge in [-0.05, 0) is 18.2 Å². The van der Waals surface area contributed by atoms with E-state index in [4.69, 9.17) is 17.3 Å². The van der Waals surface area contributed by atoms with Gasteiger partial charge in [0.15, 0.2) is 0 Å². The van der Waals surface area contributed by atoms with Crippen molar-refractivity contribution in [2.45, 2.75) is 0 Å². The van der Waals surface area contributed by atoms with Crippen molar-refractivity contribution in [1.82, 2.24) is 4.90 Å². The van der Waals surface area contributed by atoms with Gasteiger partial charge in [0, 0.05) is 5.69 Å². The molecule has 0 atom stereocenters. The third kappa shape index (κ3) is 3.18. The topological polar surface area (TPSA) is 92.5 Å². The third-order valence-corrected chi connectivity index (χ3v) is 3.62. The lowest BCUT2D eigenvalue weighted by Crippen LogP contribution is -2.36. The fourth-order valence-corrected chi connectivity index (χ4v) is 2.34. The van der Waals surface area contributed by atoms with Crippen LogP contribution in [0.15, 0.2) is 18.2 Å². The molecule has 1 fully saturated rings. The lowest BCUT2D eigenvalue weighted by Gasteiger charge is -2.12. The molecule has 1 aliphatic rings. The summed E-state index contributed by atoms with van der Waals surface area (Å²) in [6.45, 7) is -0.298. The molecule has 0 bridgehead atoms. The Morgan fingerprint density at radius 1 is 1.47 bits per heavy atom. The zero-order valence-electron chi connectivity index (χ0n) is 9.68. The molecule has 1 aliphatic heterocycles. The Labute approximate surface area is 118 Å². The summed E-state index contributed by atoms with van der Waals surface area (Å²) in [5.41, 5.74) is 6.39. The van der Waals surface area contributed by atoms with Crippen LogP contribution in [-0.2, 0) is 9.59 Å². The van der Waals surface area contributed by atoms with Gasteiger partial charge in [-0.25, -0.2) is 0 Å². The predicted molar refractivity (Wildman–Crippen MR) is 74.1 cm³/mol. The number of hydrogen-bond donors (Lipinski definition) is 2. The van der Waals surface area contributed by atoms with Crippen molar-refractivity contribution in [2.24, 2.45) is 0 Å². The Bertz CT molecular complexity index is 548. The number of amides is 3. The molecule has 100 valence electrons. The van der Waals surface area contributed by atoms with Gasteiger partial charge in [-0.15, -0.1) is 0 Å². The van der Waals surface area contributed by atoms with Crippen LogP contribution in [-0.4, -0.2) is 34.3 Å². The molecule has 1 aromatic carbocycles. The van der Waals surface area contributed by atoms with Gasteiger partial charge in [-0.2, -0.15) is 0 Å². The van der Waals surface area contributed by atoms with Gasteiger partial charge in [-0.1, -0.05) is 23.4 Å². The number of carbonyl (C=O) groups excluding carboxylic acids is 3. The summed E-state index contributed by atoms with van der Waals surface area (Å²) in [7, 11) is 0. The number of benzene rings is 1. The average molecular weight is 300 g/mol. The van der Waals surface area contributed by atoms with Gasteiger partial charge >= 0.3 is 0 Å². The summed E-state index contributed by atoms with van der Waals surface area (Å²) < 4.78 is 0. The first-order chi connectivity index (χ1) is 8.97. The van der Waals surface area contributed by atoms with E-state index in [9.17, 15) is 14.4 Å². The van der Waals surface area contributed by atoms with Crippen LogP contribution in [0.4, 0.5) is 16.2 Å². The molecule has 6 nitrogen and oxygen atoms in total. The number of nitrogen functional groups attached to an aromatic ring is 1. The van der Waals surface area contributed by atoms with E-state index in [2.05, 4.69) is 5.32 Å². The van der Waals surface area contributed by atoms with E-state index in [0.29, 0.717) is 16.4 Å². The molecule has 3 amide bonds. The highest BCUT2D eigenvalue weighted by atomic mass is 35.5. The number of carbonyl (C=O) groups is 3. The van der Waals surface area contributed by atoms with Crippen LogP contribution in [0.5, 0.6) is 0 Å². The third-order valence-electron chi connectivity index (χ3n) is 2.42. The SMILES string of the molecule is Nc1cc(NC(=O)CN2C(=O)CSC2=O)ccc1Cl. The van der Waals surface area contributed by atoms with Crippen LogP contribution in [0.2, 0.25) is 5.02 Å². The Balaban J connectivity index is 1.99. The highest BCUT2D eigenvalue weighted by Gasteiger charge is 2.31. The molecule has 1 aromatic rings. The number of nitrogens with zero attached hydrogens (tertiary/aromatic N) is 1. The summed E-state index contributed by atoms with van der Waals surface area (Å²) in [6.07, 6.45) is 0. The van der Waals surface area contributed by atoms with Gasteiger partial charge in [-0.3, -0.25) is 19.3 Å². The monoisotopic (exact) mass is 299 g/mol. The van der Waals surface area contributed by atoms with Crippen molar-refractivity contribution in [3.05, 3.63) is 23.2 Å². The maximum Gasteiger partial charge on any atom is 0.289 e. The van der Waals surface area contributed by atoms with E-state index in [-0.39, 0.29) is 18.2 Å². The maximum atomic E-state index is 11.7. The van der Waals surface area contributed by atoms with Crippen molar-refractivity contribution in [1.29, 1.82) is 0 Å². The Morgan fingerprint density at radius 3 is 2.79 bits per heavy atom. The molecule has 1 saturated heterocycles. The minimum atomic E-state index is -0.467. The first-order valence-electron chi connectivity index (χ1n) is 5.29. The molecule has 0 unspecified atom stereocenters. The van der Waals surface area contributed by atoms with Crippen molar-refractivity contribution in [3.8, 4) is 0 Å². The molecule has 0 spiro atoms. The van der Waals surface area contributed by atoms with Crippen molar-refractivity contribution < 1.29 is 14.4 Å². The quantitative estimate of drug-likeness (QED) is 0.826. The Morgan fingerprint density at radius 2 is 2.21 bits per heavy atom. The zero-order valence-corrected chi connectivity index (χ0v) is 11.3. The molecule has 2 rings (SSSR count). The van der Waals surface area contributed by atoms with E-state index in [1.165, 1.54) is 6.07 Å². The fourth-order valence-electron chi connectivity index (χ4n) is 1.50. The van der Waals surface area contributed by atoms with Crippen molar-refractivity contribution in [2.75, 3.05) is 23.3 Å². The molecule has 19 heavy (non-hydrogen) atoms. The normalized spacial score (nSPS) is 14.9. The summed E-state index contributed by atoms with van der Waals surface area (Å²) in [4.78, 5) is 35.3. The van der Waals surface area contributed by atoms with Gasteiger partial charge in [0.1, 0.15) is 6.54 Å². The van der Waals surface area contributed by atoms with Crippen LogP contribution in [0, 0.1) is 0 Å². The van der Waals surface area contributed by atoms with Crippen LogP contribution in [0.3, 0.4) is 0 Å². The molecule has 8 heteroatoms. The van der Waals surface area contributed by atoms with Gasteiger partial charge in [0.2, 0.25) is 11.8 Å². The second-order valence-corrected chi connectivity index (χ2v) is 5.15. The van der Waals surface area contributed by atoms with E-state index in [1.807, 2.05) is 0 Å². The van der Waals surface area contributed by atoms with E-state index >= 15 is 0 Å². The number of imide groups is 1. The first-order valence-corrected chi connectivity index (χ1v) is 6.65. The summed E-state index contributed by atoms with van der Waals surface area (Å²) >= 11 is 6.64. The lowest BCUT2D eigenvalue weighted by atomic mass is 10.3. The van der Waals surface area contributed by atoms with E-state index in [1.54, 1.807) is 12.1 Å². The molecule has 0 radical (unpaired) electrons. The van der Waals surface area contributed by atoms with Crippen LogP contribution in [0.25, 0.3) is 0 Å². The summed E-state index contributed by atoms with van der Waals surface area (Å²) in [5, 5.41) is 2.53. The van der Waals surface area contributed by atoms with Crippen LogP contribution < -0.4 is 11.1 Å². The average Bonchev–Trinajstić information content (AvgIpc) is 2.66. The molecule has 0 aliphatic carbocycles. The number of nitrogens with one attached hydrogen (secondary N) is 1. The van der Waals surface area contributed by atoms with E-state index in [0.717, 1.165) is 16.7 Å². The number of hydrogen-bond acceptors (Lipinski definition) is 5. The minimum absolute atomic E-state index is 0.0833. The largest absolute Gasteiger partial charge is 0.397 e. The molecular formula is C11H10ClN3O3S. The molecule has 0 saturated carbocycles. The molecular weight excluding hydrogens is 290 g/mol. The second kappa shape index (κ2) is 5.50. The predicted octanol–water partition coefficient (Wildman–Crippen LogP) is 1.56. The number of anilines is 2. The Hall–Kier alpha value is -1.73. The minimum Gasteiger partial charge on any atom is -0.397 e. The molecule has 0 aromatic heterocycles. The zero-order chi connectivity index (χ0) is 14.0. The molecule has 3 N–H and O–H groups in total.